The quantitative estimate of drug-likeness (QED) is 0.588. The van der Waals surface area contributed by atoms with E-state index in [9.17, 15) is 14.5 Å². The van der Waals surface area contributed by atoms with Crippen molar-refractivity contribution in [1.82, 2.24) is 0 Å². The summed E-state index contributed by atoms with van der Waals surface area (Å²) in [5.41, 5.74) is 0.143. The summed E-state index contributed by atoms with van der Waals surface area (Å²) in [7, 11) is 0. The minimum Gasteiger partial charge on any atom is -0.259 e. The van der Waals surface area contributed by atoms with Gasteiger partial charge in [-0.3, -0.25) is 10.1 Å². The van der Waals surface area contributed by atoms with Crippen LogP contribution in [0, 0.1) is 15.9 Å². The molecule has 0 aliphatic rings. The van der Waals surface area contributed by atoms with E-state index in [2.05, 4.69) is 0 Å². The number of nitro groups is 1. The zero-order valence-corrected chi connectivity index (χ0v) is 8.79. The maximum absolute atomic E-state index is 13.3. The summed E-state index contributed by atoms with van der Waals surface area (Å²) in [6.07, 6.45) is 1.46. The second kappa shape index (κ2) is 4.89. The van der Waals surface area contributed by atoms with Crippen LogP contribution in [0.3, 0.4) is 0 Å². The van der Waals surface area contributed by atoms with E-state index in [4.69, 9.17) is 11.6 Å². The van der Waals surface area contributed by atoms with E-state index >= 15 is 0 Å². The molecule has 5 heteroatoms. The van der Waals surface area contributed by atoms with E-state index in [1.165, 1.54) is 18.2 Å². The number of allylic oxidation sites excluding steroid dienone is 1. The van der Waals surface area contributed by atoms with Gasteiger partial charge in [-0.15, -0.1) is 0 Å². The van der Waals surface area contributed by atoms with Gasteiger partial charge in [-0.25, -0.2) is 4.39 Å². The standard InChI is InChI=1S/C10H9ClFNO2/c1-2-9(13(14)15)5-7-3-4-8(11)6-10(7)12/h3-6H,2H2,1H3/b9-5-. The molecule has 15 heavy (non-hydrogen) atoms. The van der Waals surface area contributed by atoms with Crippen molar-refractivity contribution >= 4 is 17.7 Å². The molecule has 1 rings (SSSR count). The lowest BCUT2D eigenvalue weighted by Gasteiger charge is -1.98. The summed E-state index contributed by atoms with van der Waals surface area (Å²) < 4.78 is 13.3. The van der Waals surface area contributed by atoms with E-state index in [-0.39, 0.29) is 22.7 Å². The van der Waals surface area contributed by atoms with Crippen LogP contribution >= 0.6 is 11.6 Å². The fourth-order valence-corrected chi connectivity index (χ4v) is 1.24. The Labute approximate surface area is 91.3 Å². The Morgan fingerprint density at radius 1 is 1.67 bits per heavy atom. The predicted octanol–water partition coefficient (Wildman–Crippen LogP) is 3.51. The van der Waals surface area contributed by atoms with Crippen LogP contribution in [0.2, 0.25) is 5.02 Å². The van der Waals surface area contributed by atoms with Crippen molar-refractivity contribution in [2.24, 2.45) is 0 Å². The summed E-state index contributed by atoms with van der Waals surface area (Å²) in [5.74, 6) is -0.560. The molecule has 80 valence electrons. The molecule has 0 atom stereocenters. The highest BCUT2D eigenvalue weighted by molar-refractivity contribution is 6.30. The molecular weight excluding hydrogens is 221 g/mol. The average molecular weight is 230 g/mol. The molecule has 0 N–H and O–H groups in total. The summed E-state index contributed by atoms with van der Waals surface area (Å²) >= 11 is 5.56. The minimum absolute atomic E-state index is 0.0313. The van der Waals surface area contributed by atoms with Gasteiger partial charge in [0.1, 0.15) is 5.82 Å². The Morgan fingerprint density at radius 2 is 2.33 bits per heavy atom. The highest BCUT2D eigenvalue weighted by Gasteiger charge is 2.09. The average Bonchev–Trinajstić information content (AvgIpc) is 2.16. The van der Waals surface area contributed by atoms with Crippen molar-refractivity contribution in [3.63, 3.8) is 0 Å². The molecule has 0 spiro atoms. The fraction of sp³-hybridized carbons (Fsp3) is 0.200. The van der Waals surface area contributed by atoms with Crippen LogP contribution in [0.5, 0.6) is 0 Å². The zero-order chi connectivity index (χ0) is 11.4. The number of rotatable bonds is 3. The highest BCUT2D eigenvalue weighted by Crippen LogP contribution is 2.18. The predicted molar refractivity (Wildman–Crippen MR) is 56.7 cm³/mol. The van der Waals surface area contributed by atoms with Crippen LogP contribution in [0.25, 0.3) is 6.08 Å². The Kier molecular flexibility index (Phi) is 3.80. The Morgan fingerprint density at radius 3 is 2.80 bits per heavy atom. The third-order valence-electron chi connectivity index (χ3n) is 1.88. The molecule has 0 bridgehead atoms. The van der Waals surface area contributed by atoms with E-state index in [1.54, 1.807) is 6.92 Å². The van der Waals surface area contributed by atoms with Gasteiger partial charge in [0.15, 0.2) is 0 Å². The fourth-order valence-electron chi connectivity index (χ4n) is 1.08. The molecule has 0 heterocycles. The lowest BCUT2D eigenvalue weighted by Crippen LogP contribution is -1.97. The van der Waals surface area contributed by atoms with Crippen LogP contribution in [-0.4, -0.2) is 4.92 Å². The first-order chi connectivity index (χ1) is 7.04. The van der Waals surface area contributed by atoms with Gasteiger partial charge in [-0.05, 0) is 12.1 Å². The molecular formula is C10H9ClFNO2. The van der Waals surface area contributed by atoms with Gasteiger partial charge in [0.2, 0.25) is 5.70 Å². The van der Waals surface area contributed by atoms with E-state index in [0.29, 0.717) is 0 Å². The molecule has 0 aliphatic heterocycles. The summed E-state index contributed by atoms with van der Waals surface area (Å²) in [4.78, 5) is 9.98. The Hall–Kier alpha value is -1.42. The topological polar surface area (TPSA) is 43.1 Å². The minimum atomic E-state index is -0.560. The van der Waals surface area contributed by atoms with Gasteiger partial charge in [-0.2, -0.15) is 0 Å². The molecule has 0 saturated carbocycles. The maximum atomic E-state index is 13.3. The second-order valence-corrected chi connectivity index (χ2v) is 3.35. The molecule has 0 saturated heterocycles. The third-order valence-corrected chi connectivity index (χ3v) is 2.12. The lowest BCUT2D eigenvalue weighted by molar-refractivity contribution is -0.425. The molecule has 1 aromatic rings. The van der Waals surface area contributed by atoms with Gasteiger partial charge in [0.05, 0.1) is 4.92 Å². The van der Waals surface area contributed by atoms with Gasteiger partial charge in [0, 0.05) is 23.1 Å². The van der Waals surface area contributed by atoms with Gasteiger partial charge in [-0.1, -0.05) is 24.6 Å². The summed E-state index contributed by atoms with van der Waals surface area (Å²) in [5, 5.41) is 10.8. The molecule has 0 amide bonds. The largest absolute Gasteiger partial charge is 0.259 e. The zero-order valence-electron chi connectivity index (χ0n) is 8.04. The molecule has 0 radical (unpaired) electrons. The van der Waals surface area contributed by atoms with Gasteiger partial charge >= 0.3 is 0 Å². The van der Waals surface area contributed by atoms with E-state index in [1.807, 2.05) is 0 Å². The maximum Gasteiger partial charge on any atom is 0.246 e. The van der Waals surface area contributed by atoms with Crippen LogP contribution < -0.4 is 0 Å². The first-order valence-electron chi connectivity index (χ1n) is 4.34. The molecule has 3 nitrogen and oxygen atoms in total. The SMILES string of the molecule is CC/C(=C/c1ccc(Cl)cc1F)[N+](=O)[O-]. The number of halogens is 2. The van der Waals surface area contributed by atoms with Crippen molar-refractivity contribution < 1.29 is 9.31 Å². The van der Waals surface area contributed by atoms with Crippen LogP contribution in [0.1, 0.15) is 18.9 Å². The first kappa shape index (κ1) is 11.7. The van der Waals surface area contributed by atoms with Crippen molar-refractivity contribution in [1.29, 1.82) is 0 Å². The van der Waals surface area contributed by atoms with Crippen molar-refractivity contribution in [3.8, 4) is 0 Å². The number of hydrogen-bond donors (Lipinski definition) is 0. The third kappa shape index (κ3) is 3.02. The number of benzene rings is 1. The van der Waals surface area contributed by atoms with E-state index < -0.39 is 10.7 Å². The van der Waals surface area contributed by atoms with Gasteiger partial charge < -0.3 is 0 Å². The highest BCUT2D eigenvalue weighted by atomic mass is 35.5. The monoisotopic (exact) mass is 229 g/mol. The van der Waals surface area contributed by atoms with Crippen molar-refractivity contribution in [2.45, 2.75) is 13.3 Å². The molecule has 0 unspecified atom stereocenters. The summed E-state index contributed by atoms with van der Waals surface area (Å²) in [6.45, 7) is 1.64. The smallest absolute Gasteiger partial charge is 0.246 e. The first-order valence-corrected chi connectivity index (χ1v) is 4.72. The van der Waals surface area contributed by atoms with Gasteiger partial charge in [0.25, 0.3) is 0 Å². The lowest BCUT2D eigenvalue weighted by atomic mass is 10.1. The van der Waals surface area contributed by atoms with E-state index in [0.717, 1.165) is 6.07 Å². The Bertz CT molecular complexity index is 418. The molecule has 0 aromatic heterocycles. The molecule has 1 aromatic carbocycles. The normalized spacial score (nSPS) is 11.5. The van der Waals surface area contributed by atoms with Crippen LogP contribution in [-0.2, 0) is 0 Å². The molecule has 0 aliphatic carbocycles. The molecule has 0 fully saturated rings. The van der Waals surface area contributed by atoms with Crippen molar-refractivity contribution in [2.75, 3.05) is 0 Å². The summed E-state index contributed by atoms with van der Waals surface area (Å²) in [6, 6.07) is 4.03. The Balaban J connectivity index is 3.12. The van der Waals surface area contributed by atoms with Crippen LogP contribution in [0.4, 0.5) is 4.39 Å². The second-order valence-electron chi connectivity index (χ2n) is 2.91. The number of hydrogen-bond acceptors (Lipinski definition) is 2. The number of nitrogens with zero attached hydrogens (tertiary/aromatic N) is 1. The van der Waals surface area contributed by atoms with Crippen molar-refractivity contribution in [3.05, 3.63) is 50.4 Å². The van der Waals surface area contributed by atoms with Crippen LogP contribution in [0.15, 0.2) is 23.9 Å².